The van der Waals surface area contributed by atoms with Gasteiger partial charge in [-0.2, -0.15) is 0 Å². The molecule has 6 nitrogen and oxygen atoms in total. The predicted octanol–water partition coefficient (Wildman–Crippen LogP) is 2.89. The zero-order valence-electron chi connectivity index (χ0n) is 13.1. The number of aromatic carboxylic acids is 1. The Morgan fingerprint density at radius 1 is 1.29 bits per heavy atom. The van der Waals surface area contributed by atoms with Crippen molar-refractivity contribution in [1.29, 1.82) is 0 Å². The van der Waals surface area contributed by atoms with E-state index in [1.807, 2.05) is 30.3 Å². The lowest BCUT2D eigenvalue weighted by Gasteiger charge is -2.07. The van der Waals surface area contributed by atoms with Crippen LogP contribution in [0.5, 0.6) is 0 Å². The van der Waals surface area contributed by atoms with E-state index in [9.17, 15) is 14.7 Å². The standard InChI is InChI=1S/C17H16N2O4S/c1-2-19-14(17(21)22)18-15-13(16(19)20)12(10-24-15)9-23-8-11-6-4-3-5-7-11/h3-7,10H,2,8-9H2,1H3,(H,21,22). The van der Waals surface area contributed by atoms with E-state index in [0.717, 1.165) is 11.1 Å². The number of carbonyl (C=O) groups is 1. The molecule has 0 aliphatic rings. The van der Waals surface area contributed by atoms with Crippen LogP contribution in [0.1, 0.15) is 28.7 Å². The van der Waals surface area contributed by atoms with Crippen LogP contribution in [0.4, 0.5) is 0 Å². The lowest BCUT2D eigenvalue weighted by molar-refractivity contribution is 0.0676. The van der Waals surface area contributed by atoms with Gasteiger partial charge in [0.2, 0.25) is 5.82 Å². The Balaban J connectivity index is 1.90. The van der Waals surface area contributed by atoms with Crippen molar-refractivity contribution in [1.82, 2.24) is 9.55 Å². The fourth-order valence-corrected chi connectivity index (χ4v) is 3.41. The monoisotopic (exact) mass is 344 g/mol. The Kier molecular flexibility index (Phi) is 4.73. The molecule has 3 aromatic rings. The summed E-state index contributed by atoms with van der Waals surface area (Å²) in [5.74, 6) is -1.43. The van der Waals surface area contributed by atoms with Crippen molar-refractivity contribution in [3.8, 4) is 0 Å². The molecule has 7 heteroatoms. The van der Waals surface area contributed by atoms with E-state index in [-0.39, 0.29) is 24.5 Å². The number of benzene rings is 1. The summed E-state index contributed by atoms with van der Waals surface area (Å²) in [5.41, 5.74) is 1.45. The van der Waals surface area contributed by atoms with Crippen molar-refractivity contribution in [2.45, 2.75) is 26.7 Å². The number of hydrogen-bond acceptors (Lipinski definition) is 5. The average molecular weight is 344 g/mol. The quantitative estimate of drug-likeness (QED) is 0.743. The minimum atomic E-state index is -1.20. The summed E-state index contributed by atoms with van der Waals surface area (Å²) >= 11 is 1.26. The van der Waals surface area contributed by atoms with Gasteiger partial charge < -0.3 is 9.84 Å². The fourth-order valence-electron chi connectivity index (χ4n) is 2.50. The zero-order chi connectivity index (χ0) is 17.1. The highest BCUT2D eigenvalue weighted by molar-refractivity contribution is 7.16. The smallest absolute Gasteiger partial charge is 0.372 e. The number of thiophene rings is 1. The van der Waals surface area contributed by atoms with Gasteiger partial charge in [0.25, 0.3) is 5.56 Å². The molecular weight excluding hydrogens is 328 g/mol. The van der Waals surface area contributed by atoms with Crippen LogP contribution in [0, 0.1) is 0 Å². The lowest BCUT2D eigenvalue weighted by Crippen LogP contribution is -2.27. The van der Waals surface area contributed by atoms with Crippen molar-refractivity contribution in [3.05, 3.63) is 63.0 Å². The normalized spacial score (nSPS) is 11.0. The van der Waals surface area contributed by atoms with Crippen molar-refractivity contribution in [2.24, 2.45) is 0 Å². The molecule has 0 saturated heterocycles. The first kappa shape index (κ1) is 16.4. The second kappa shape index (κ2) is 6.94. The van der Waals surface area contributed by atoms with Crippen LogP contribution in [0.2, 0.25) is 0 Å². The fraction of sp³-hybridized carbons (Fsp3) is 0.235. The molecule has 0 aliphatic carbocycles. The third kappa shape index (κ3) is 3.08. The minimum absolute atomic E-state index is 0.228. The summed E-state index contributed by atoms with van der Waals surface area (Å²) in [6.45, 7) is 2.70. The predicted molar refractivity (Wildman–Crippen MR) is 91.4 cm³/mol. The topological polar surface area (TPSA) is 81.4 Å². The average Bonchev–Trinajstić information content (AvgIpc) is 2.99. The van der Waals surface area contributed by atoms with Crippen LogP contribution in [0.15, 0.2) is 40.5 Å². The number of hydrogen-bond donors (Lipinski definition) is 1. The van der Waals surface area contributed by atoms with Crippen molar-refractivity contribution in [3.63, 3.8) is 0 Å². The molecule has 0 bridgehead atoms. The van der Waals surface area contributed by atoms with E-state index >= 15 is 0 Å². The molecule has 0 amide bonds. The molecule has 0 aliphatic heterocycles. The molecule has 1 N–H and O–H groups in total. The maximum absolute atomic E-state index is 12.6. The third-order valence-electron chi connectivity index (χ3n) is 3.65. The Labute approximate surface area is 142 Å². The summed E-state index contributed by atoms with van der Waals surface area (Å²) < 4.78 is 6.87. The van der Waals surface area contributed by atoms with E-state index < -0.39 is 5.97 Å². The minimum Gasteiger partial charge on any atom is -0.475 e. The summed E-state index contributed by atoms with van der Waals surface area (Å²) in [6.07, 6.45) is 0. The highest BCUT2D eigenvalue weighted by atomic mass is 32.1. The Morgan fingerprint density at radius 2 is 2.04 bits per heavy atom. The molecule has 3 rings (SSSR count). The summed E-state index contributed by atoms with van der Waals surface area (Å²) in [6, 6.07) is 9.76. The molecule has 2 aromatic heterocycles. The molecule has 0 radical (unpaired) electrons. The van der Waals surface area contributed by atoms with Gasteiger partial charge in [-0.25, -0.2) is 9.78 Å². The van der Waals surface area contributed by atoms with E-state index in [0.29, 0.717) is 16.8 Å². The summed E-state index contributed by atoms with van der Waals surface area (Å²) in [5, 5.41) is 11.5. The van der Waals surface area contributed by atoms with Gasteiger partial charge in [-0.05, 0) is 17.9 Å². The first-order chi connectivity index (χ1) is 11.6. The zero-order valence-corrected chi connectivity index (χ0v) is 13.9. The lowest BCUT2D eigenvalue weighted by atomic mass is 10.2. The summed E-state index contributed by atoms with van der Waals surface area (Å²) in [7, 11) is 0. The number of fused-ring (bicyclic) bond motifs is 1. The van der Waals surface area contributed by atoms with Crippen molar-refractivity contribution < 1.29 is 14.6 Å². The Morgan fingerprint density at radius 3 is 2.71 bits per heavy atom. The highest BCUT2D eigenvalue weighted by Crippen LogP contribution is 2.23. The number of ether oxygens (including phenoxy) is 1. The largest absolute Gasteiger partial charge is 0.475 e. The number of rotatable bonds is 6. The molecule has 0 unspecified atom stereocenters. The van der Waals surface area contributed by atoms with Crippen LogP contribution in [-0.4, -0.2) is 20.6 Å². The molecule has 0 saturated carbocycles. The molecular formula is C17H16N2O4S. The van der Waals surface area contributed by atoms with Gasteiger partial charge in [0.05, 0.1) is 18.6 Å². The first-order valence-electron chi connectivity index (χ1n) is 7.47. The molecule has 124 valence electrons. The van der Waals surface area contributed by atoms with Crippen LogP contribution >= 0.6 is 11.3 Å². The van der Waals surface area contributed by atoms with Gasteiger partial charge in [-0.1, -0.05) is 30.3 Å². The second-order valence-electron chi connectivity index (χ2n) is 5.21. The number of nitrogens with zero attached hydrogens (tertiary/aromatic N) is 2. The first-order valence-corrected chi connectivity index (χ1v) is 8.35. The molecule has 24 heavy (non-hydrogen) atoms. The third-order valence-corrected chi connectivity index (χ3v) is 4.57. The molecule has 2 heterocycles. The van der Waals surface area contributed by atoms with Crippen molar-refractivity contribution >= 4 is 27.5 Å². The number of aromatic nitrogens is 2. The van der Waals surface area contributed by atoms with Crippen LogP contribution < -0.4 is 5.56 Å². The molecule has 0 atom stereocenters. The van der Waals surface area contributed by atoms with Gasteiger partial charge in [-0.3, -0.25) is 9.36 Å². The van der Waals surface area contributed by atoms with Crippen LogP contribution in [0.25, 0.3) is 10.2 Å². The van der Waals surface area contributed by atoms with Gasteiger partial charge in [0, 0.05) is 12.1 Å². The van der Waals surface area contributed by atoms with Crippen LogP contribution in [-0.2, 0) is 24.5 Å². The van der Waals surface area contributed by atoms with Gasteiger partial charge in [-0.15, -0.1) is 11.3 Å². The molecule has 0 spiro atoms. The van der Waals surface area contributed by atoms with E-state index in [2.05, 4.69) is 4.98 Å². The van der Waals surface area contributed by atoms with Crippen molar-refractivity contribution in [2.75, 3.05) is 0 Å². The highest BCUT2D eigenvalue weighted by Gasteiger charge is 2.19. The van der Waals surface area contributed by atoms with E-state index in [1.54, 1.807) is 12.3 Å². The van der Waals surface area contributed by atoms with Gasteiger partial charge >= 0.3 is 5.97 Å². The summed E-state index contributed by atoms with van der Waals surface area (Å²) in [4.78, 5) is 28.4. The Bertz CT molecular complexity index is 931. The second-order valence-corrected chi connectivity index (χ2v) is 6.07. The van der Waals surface area contributed by atoms with E-state index in [4.69, 9.17) is 4.74 Å². The molecule has 0 fully saturated rings. The van der Waals surface area contributed by atoms with Gasteiger partial charge in [0.1, 0.15) is 4.83 Å². The number of carboxylic acid groups (broad SMARTS) is 1. The molecule has 1 aromatic carbocycles. The number of carboxylic acids is 1. The maximum Gasteiger partial charge on any atom is 0.372 e. The Hall–Kier alpha value is -2.51. The van der Waals surface area contributed by atoms with E-state index in [1.165, 1.54) is 15.9 Å². The van der Waals surface area contributed by atoms with Gasteiger partial charge in [0.15, 0.2) is 0 Å². The maximum atomic E-state index is 12.6. The van der Waals surface area contributed by atoms with Crippen LogP contribution in [0.3, 0.4) is 0 Å². The SMILES string of the molecule is CCn1c(C(=O)O)nc2scc(COCc3ccccc3)c2c1=O.